The molecule has 0 saturated heterocycles. The number of nitrogens with zero attached hydrogens (tertiary/aromatic N) is 1. The highest BCUT2D eigenvalue weighted by molar-refractivity contribution is 5.83. The zero-order valence-corrected chi connectivity index (χ0v) is 11.0. The summed E-state index contributed by atoms with van der Waals surface area (Å²) in [4.78, 5) is 0. The van der Waals surface area contributed by atoms with Gasteiger partial charge in [0.15, 0.2) is 0 Å². The van der Waals surface area contributed by atoms with Gasteiger partial charge in [-0.2, -0.15) is 0 Å². The number of aromatic nitrogens is 1. The molecule has 17 heavy (non-hydrogen) atoms. The fourth-order valence-corrected chi connectivity index (χ4v) is 2.27. The lowest BCUT2D eigenvalue weighted by Crippen LogP contribution is -2.06. The SMILES string of the molecule is CCC(C)Cn1cc(CNC)c2ccccc21. The summed E-state index contributed by atoms with van der Waals surface area (Å²) in [5, 5.41) is 4.62. The van der Waals surface area contributed by atoms with Crippen LogP contribution in [-0.2, 0) is 13.1 Å². The van der Waals surface area contributed by atoms with Gasteiger partial charge in [-0.05, 0) is 24.6 Å². The van der Waals surface area contributed by atoms with E-state index in [1.165, 1.54) is 22.9 Å². The summed E-state index contributed by atoms with van der Waals surface area (Å²) in [5.41, 5.74) is 2.75. The van der Waals surface area contributed by atoms with Crippen molar-refractivity contribution in [2.24, 2.45) is 5.92 Å². The van der Waals surface area contributed by atoms with Crippen LogP contribution in [0.1, 0.15) is 25.8 Å². The fraction of sp³-hybridized carbons (Fsp3) is 0.467. The van der Waals surface area contributed by atoms with Gasteiger partial charge in [0, 0.05) is 30.2 Å². The second kappa shape index (κ2) is 5.37. The Hall–Kier alpha value is -1.28. The quantitative estimate of drug-likeness (QED) is 0.833. The Bertz CT molecular complexity index is 485. The van der Waals surface area contributed by atoms with Crippen molar-refractivity contribution < 1.29 is 0 Å². The molecule has 0 spiro atoms. The summed E-state index contributed by atoms with van der Waals surface area (Å²) in [6.45, 7) is 6.62. The first-order valence-electron chi connectivity index (χ1n) is 6.47. The van der Waals surface area contributed by atoms with E-state index < -0.39 is 0 Å². The van der Waals surface area contributed by atoms with Crippen LogP contribution in [0.25, 0.3) is 10.9 Å². The molecule has 0 amide bonds. The molecule has 1 heterocycles. The van der Waals surface area contributed by atoms with E-state index in [1.807, 2.05) is 7.05 Å². The standard InChI is InChI=1S/C15H22N2/c1-4-12(2)10-17-11-13(9-16-3)14-7-5-6-8-15(14)17/h5-8,11-12,16H,4,9-10H2,1-3H3. The third kappa shape index (κ3) is 2.52. The zero-order chi connectivity index (χ0) is 12.3. The van der Waals surface area contributed by atoms with Crippen LogP contribution >= 0.6 is 0 Å². The number of hydrogen-bond acceptors (Lipinski definition) is 1. The van der Waals surface area contributed by atoms with Gasteiger partial charge in [0.05, 0.1) is 0 Å². The molecular formula is C15H22N2. The normalized spacial score (nSPS) is 13.1. The summed E-state index contributed by atoms with van der Waals surface area (Å²) >= 11 is 0. The van der Waals surface area contributed by atoms with Crippen molar-refractivity contribution in [1.82, 2.24) is 9.88 Å². The van der Waals surface area contributed by atoms with E-state index >= 15 is 0 Å². The Labute approximate surface area is 104 Å². The van der Waals surface area contributed by atoms with E-state index in [9.17, 15) is 0 Å². The topological polar surface area (TPSA) is 17.0 Å². The molecule has 2 nitrogen and oxygen atoms in total. The van der Waals surface area contributed by atoms with Crippen LogP contribution in [-0.4, -0.2) is 11.6 Å². The predicted molar refractivity (Wildman–Crippen MR) is 74.2 cm³/mol. The molecule has 0 fully saturated rings. The highest BCUT2D eigenvalue weighted by Gasteiger charge is 2.08. The van der Waals surface area contributed by atoms with Crippen LogP contribution in [0.15, 0.2) is 30.5 Å². The molecule has 0 aliphatic heterocycles. The monoisotopic (exact) mass is 230 g/mol. The molecule has 1 atom stereocenters. The third-order valence-electron chi connectivity index (χ3n) is 3.44. The van der Waals surface area contributed by atoms with Gasteiger partial charge in [-0.15, -0.1) is 0 Å². The van der Waals surface area contributed by atoms with E-state index in [1.54, 1.807) is 0 Å². The van der Waals surface area contributed by atoms with Crippen LogP contribution in [0.4, 0.5) is 0 Å². The summed E-state index contributed by atoms with van der Waals surface area (Å²) in [7, 11) is 2.00. The van der Waals surface area contributed by atoms with Crippen LogP contribution in [0, 0.1) is 5.92 Å². The van der Waals surface area contributed by atoms with E-state index in [0.717, 1.165) is 19.0 Å². The largest absolute Gasteiger partial charge is 0.347 e. The van der Waals surface area contributed by atoms with Crippen LogP contribution < -0.4 is 5.32 Å². The first-order chi connectivity index (χ1) is 8.26. The van der Waals surface area contributed by atoms with Crippen LogP contribution in [0.5, 0.6) is 0 Å². The van der Waals surface area contributed by atoms with Crippen molar-refractivity contribution in [3.63, 3.8) is 0 Å². The Morgan fingerprint density at radius 1 is 1.29 bits per heavy atom. The van der Waals surface area contributed by atoms with Crippen molar-refractivity contribution in [2.45, 2.75) is 33.4 Å². The Morgan fingerprint density at radius 3 is 2.76 bits per heavy atom. The van der Waals surface area contributed by atoms with Crippen molar-refractivity contribution in [2.75, 3.05) is 7.05 Å². The van der Waals surface area contributed by atoms with E-state index in [2.05, 4.69) is 54.2 Å². The summed E-state index contributed by atoms with van der Waals surface area (Å²) < 4.78 is 2.40. The maximum atomic E-state index is 3.24. The molecule has 0 saturated carbocycles. The Balaban J connectivity index is 2.41. The van der Waals surface area contributed by atoms with Crippen LogP contribution in [0.3, 0.4) is 0 Å². The first-order valence-corrected chi connectivity index (χ1v) is 6.47. The summed E-state index contributed by atoms with van der Waals surface area (Å²) in [6, 6.07) is 8.68. The summed E-state index contributed by atoms with van der Waals surface area (Å²) in [6.07, 6.45) is 3.53. The second-order valence-corrected chi connectivity index (χ2v) is 4.87. The minimum Gasteiger partial charge on any atom is -0.347 e. The van der Waals surface area contributed by atoms with E-state index in [-0.39, 0.29) is 0 Å². The maximum Gasteiger partial charge on any atom is 0.0483 e. The molecule has 2 aromatic rings. The lowest BCUT2D eigenvalue weighted by molar-refractivity contribution is 0.477. The average molecular weight is 230 g/mol. The lowest BCUT2D eigenvalue weighted by Gasteiger charge is -2.10. The highest BCUT2D eigenvalue weighted by atomic mass is 15.0. The Kier molecular flexibility index (Phi) is 3.85. The fourth-order valence-electron chi connectivity index (χ4n) is 2.27. The third-order valence-corrected chi connectivity index (χ3v) is 3.44. The molecule has 1 aromatic carbocycles. The molecular weight excluding hydrogens is 208 g/mol. The maximum absolute atomic E-state index is 3.24. The van der Waals surface area contributed by atoms with E-state index in [4.69, 9.17) is 0 Å². The van der Waals surface area contributed by atoms with Gasteiger partial charge < -0.3 is 9.88 Å². The molecule has 0 bridgehead atoms. The molecule has 0 aliphatic rings. The molecule has 2 heteroatoms. The minimum absolute atomic E-state index is 0.730. The van der Waals surface area contributed by atoms with Crippen molar-refractivity contribution >= 4 is 10.9 Å². The predicted octanol–water partition coefficient (Wildman–Crippen LogP) is 3.41. The van der Waals surface area contributed by atoms with Gasteiger partial charge >= 0.3 is 0 Å². The number of hydrogen-bond donors (Lipinski definition) is 1. The molecule has 0 radical (unpaired) electrons. The number of rotatable bonds is 5. The average Bonchev–Trinajstić information content (AvgIpc) is 2.69. The van der Waals surface area contributed by atoms with Crippen molar-refractivity contribution in [3.05, 3.63) is 36.0 Å². The van der Waals surface area contributed by atoms with Gasteiger partial charge in [0.25, 0.3) is 0 Å². The molecule has 92 valence electrons. The summed E-state index contributed by atoms with van der Waals surface area (Å²) in [5.74, 6) is 0.730. The molecule has 1 N–H and O–H groups in total. The second-order valence-electron chi connectivity index (χ2n) is 4.87. The lowest BCUT2D eigenvalue weighted by atomic mass is 10.1. The van der Waals surface area contributed by atoms with Gasteiger partial charge in [-0.1, -0.05) is 38.5 Å². The minimum atomic E-state index is 0.730. The highest BCUT2D eigenvalue weighted by Crippen LogP contribution is 2.22. The molecule has 0 aliphatic carbocycles. The van der Waals surface area contributed by atoms with Crippen molar-refractivity contribution in [3.8, 4) is 0 Å². The Morgan fingerprint density at radius 2 is 2.06 bits per heavy atom. The van der Waals surface area contributed by atoms with Crippen LogP contribution in [0.2, 0.25) is 0 Å². The first kappa shape index (κ1) is 12.2. The van der Waals surface area contributed by atoms with Crippen molar-refractivity contribution in [1.29, 1.82) is 0 Å². The zero-order valence-electron chi connectivity index (χ0n) is 11.0. The van der Waals surface area contributed by atoms with E-state index in [0.29, 0.717) is 0 Å². The van der Waals surface area contributed by atoms with Gasteiger partial charge in [-0.3, -0.25) is 0 Å². The number of para-hydroxylation sites is 1. The number of benzene rings is 1. The van der Waals surface area contributed by atoms with Gasteiger partial charge in [0.1, 0.15) is 0 Å². The van der Waals surface area contributed by atoms with Gasteiger partial charge in [-0.25, -0.2) is 0 Å². The molecule has 2 rings (SSSR count). The van der Waals surface area contributed by atoms with Gasteiger partial charge in [0.2, 0.25) is 0 Å². The molecule has 1 unspecified atom stereocenters. The molecule has 1 aromatic heterocycles. The smallest absolute Gasteiger partial charge is 0.0483 e. The number of fused-ring (bicyclic) bond motifs is 1. The number of nitrogens with one attached hydrogen (secondary N) is 1.